The summed E-state index contributed by atoms with van der Waals surface area (Å²) in [7, 11) is 0. The van der Waals surface area contributed by atoms with Crippen LogP contribution >= 0.6 is 27.5 Å². The van der Waals surface area contributed by atoms with E-state index in [0.717, 1.165) is 49.4 Å². The van der Waals surface area contributed by atoms with E-state index in [1.54, 1.807) is 16.8 Å². The molecule has 3 N–H and O–H groups in total. The Morgan fingerprint density at radius 2 is 1.61 bits per heavy atom. The van der Waals surface area contributed by atoms with Crippen molar-refractivity contribution in [1.82, 2.24) is 25.2 Å². The maximum atomic E-state index is 12.2. The molecule has 0 aliphatic heterocycles. The van der Waals surface area contributed by atoms with Crippen molar-refractivity contribution in [2.75, 3.05) is 5.32 Å². The molecule has 9 heteroatoms. The fraction of sp³-hybridized carbons (Fsp3) is 0.138. The van der Waals surface area contributed by atoms with Crippen LogP contribution in [0.2, 0.25) is 5.02 Å². The molecule has 0 unspecified atom stereocenters. The van der Waals surface area contributed by atoms with Gasteiger partial charge >= 0.3 is 6.03 Å². The lowest BCUT2D eigenvalue weighted by Crippen LogP contribution is -2.34. The van der Waals surface area contributed by atoms with Crippen LogP contribution in [0.3, 0.4) is 0 Å². The Morgan fingerprint density at radius 3 is 2.37 bits per heavy atom. The second-order valence-electron chi connectivity index (χ2n) is 8.87. The molecule has 0 saturated heterocycles. The number of amides is 2. The molecule has 0 radical (unpaired) electrons. The highest BCUT2D eigenvalue weighted by atomic mass is 79.9. The van der Waals surface area contributed by atoms with E-state index >= 15 is 0 Å². The van der Waals surface area contributed by atoms with E-state index in [1.165, 1.54) is 0 Å². The number of nitrogens with one attached hydrogen (secondary N) is 3. The van der Waals surface area contributed by atoms with Crippen molar-refractivity contribution < 1.29 is 4.79 Å². The Hall–Kier alpha value is -3.88. The number of aromatic nitrogens is 3. The molecule has 7 nitrogen and oxygen atoms in total. The molecule has 0 saturated carbocycles. The molecule has 38 heavy (non-hydrogen) atoms. The van der Waals surface area contributed by atoms with Crippen LogP contribution in [-0.2, 0) is 19.6 Å². The molecule has 0 bridgehead atoms. The largest absolute Gasteiger partial charge is 0.366 e. The number of hydrogen-bond donors (Lipinski definition) is 3. The first-order chi connectivity index (χ1) is 18.5. The number of halogens is 2. The summed E-state index contributed by atoms with van der Waals surface area (Å²) >= 11 is 9.71. The fourth-order valence-corrected chi connectivity index (χ4v) is 4.64. The molecule has 0 spiro atoms. The van der Waals surface area contributed by atoms with Crippen molar-refractivity contribution >= 4 is 45.0 Å². The third-order valence-corrected chi connectivity index (χ3v) is 7.12. The van der Waals surface area contributed by atoms with Crippen molar-refractivity contribution in [2.45, 2.75) is 26.6 Å². The van der Waals surface area contributed by atoms with Gasteiger partial charge in [-0.3, -0.25) is 0 Å². The predicted molar refractivity (Wildman–Crippen MR) is 155 cm³/mol. The fourth-order valence-electron chi connectivity index (χ4n) is 4.09. The summed E-state index contributed by atoms with van der Waals surface area (Å²) in [5.74, 6) is 0.847. The van der Waals surface area contributed by atoms with Crippen LogP contribution in [-0.4, -0.2) is 20.6 Å². The standard InChI is InChI=1S/C29H26BrClN6O/c1-19-6-2-4-8-23(19)26-14-27(37-28(36-26)24(30)18-35-37)32-15-20-10-12-21(13-11-20)16-33-29(38)34-17-22-7-3-5-9-25(22)31/h2-14,18,32H,15-17H2,1H3,(H2,33,34,38). The number of rotatable bonds is 8. The normalized spacial score (nSPS) is 10.9. The zero-order valence-electron chi connectivity index (χ0n) is 20.7. The van der Waals surface area contributed by atoms with E-state index in [1.807, 2.05) is 60.7 Å². The Bertz CT molecular complexity index is 1580. The molecule has 3 aromatic carbocycles. The van der Waals surface area contributed by atoms with Gasteiger partial charge in [0.1, 0.15) is 5.82 Å². The molecule has 192 valence electrons. The molecule has 0 aliphatic rings. The monoisotopic (exact) mass is 588 g/mol. The van der Waals surface area contributed by atoms with E-state index in [9.17, 15) is 4.79 Å². The van der Waals surface area contributed by atoms with Gasteiger partial charge in [0.25, 0.3) is 0 Å². The van der Waals surface area contributed by atoms with Gasteiger partial charge < -0.3 is 16.0 Å². The number of fused-ring (bicyclic) bond motifs is 1. The van der Waals surface area contributed by atoms with Gasteiger partial charge in [-0.1, -0.05) is 78.3 Å². The van der Waals surface area contributed by atoms with Gasteiger partial charge in [-0.25, -0.2) is 9.78 Å². The second kappa shape index (κ2) is 11.7. The summed E-state index contributed by atoms with van der Waals surface area (Å²) < 4.78 is 2.63. The van der Waals surface area contributed by atoms with Crippen molar-refractivity contribution in [3.05, 3.63) is 117 Å². The summed E-state index contributed by atoms with van der Waals surface area (Å²) in [6.45, 7) is 3.49. The molecule has 2 aromatic heterocycles. The first-order valence-electron chi connectivity index (χ1n) is 12.1. The Balaban J connectivity index is 1.21. The average molecular weight is 590 g/mol. The van der Waals surface area contributed by atoms with Crippen molar-refractivity contribution in [1.29, 1.82) is 0 Å². The van der Waals surface area contributed by atoms with Crippen LogP contribution in [0, 0.1) is 6.92 Å². The summed E-state index contributed by atoms with van der Waals surface area (Å²) in [5.41, 5.74) is 6.86. The number of hydrogen-bond acceptors (Lipinski definition) is 4. The van der Waals surface area contributed by atoms with E-state index in [-0.39, 0.29) is 6.03 Å². The molecule has 2 amide bonds. The van der Waals surface area contributed by atoms with Gasteiger partial charge in [-0.2, -0.15) is 9.61 Å². The van der Waals surface area contributed by atoms with Crippen LogP contribution in [0.5, 0.6) is 0 Å². The number of nitrogens with zero attached hydrogens (tertiary/aromatic N) is 3. The number of benzene rings is 3. The van der Waals surface area contributed by atoms with Gasteiger partial charge in [-0.15, -0.1) is 0 Å². The highest BCUT2D eigenvalue weighted by Crippen LogP contribution is 2.28. The van der Waals surface area contributed by atoms with Gasteiger partial charge in [0.2, 0.25) is 0 Å². The van der Waals surface area contributed by atoms with Crippen LogP contribution in [0.4, 0.5) is 10.6 Å². The smallest absolute Gasteiger partial charge is 0.315 e. The number of carbonyl (C=O) groups is 1. The number of aryl methyl sites for hydroxylation is 1. The van der Waals surface area contributed by atoms with Crippen LogP contribution in [0.25, 0.3) is 16.9 Å². The number of urea groups is 1. The SMILES string of the molecule is Cc1ccccc1-c1cc(NCc2ccc(CNC(=O)NCc3ccccc3Cl)cc2)n2ncc(Br)c2n1. The molecule has 5 aromatic rings. The molecule has 2 heterocycles. The van der Waals surface area contributed by atoms with Gasteiger partial charge in [-0.05, 0) is 51.2 Å². The summed E-state index contributed by atoms with van der Waals surface area (Å²) in [5, 5.41) is 14.3. The van der Waals surface area contributed by atoms with Crippen molar-refractivity contribution in [3.63, 3.8) is 0 Å². The van der Waals surface area contributed by atoms with Crippen molar-refractivity contribution in [2.24, 2.45) is 0 Å². The van der Waals surface area contributed by atoms with Crippen LogP contribution in [0.15, 0.2) is 89.5 Å². The number of anilines is 1. The van der Waals surface area contributed by atoms with Gasteiger partial charge in [0.15, 0.2) is 5.65 Å². The lowest BCUT2D eigenvalue weighted by atomic mass is 10.1. The summed E-state index contributed by atoms with van der Waals surface area (Å²) in [6, 6.07) is 25.6. The molecule has 0 fully saturated rings. The Morgan fingerprint density at radius 1 is 0.921 bits per heavy atom. The maximum absolute atomic E-state index is 12.2. The average Bonchev–Trinajstić information content (AvgIpc) is 3.31. The first kappa shape index (κ1) is 25.8. The minimum atomic E-state index is -0.243. The minimum Gasteiger partial charge on any atom is -0.366 e. The quantitative estimate of drug-likeness (QED) is 0.187. The number of carbonyl (C=O) groups excluding carboxylic acids is 1. The highest BCUT2D eigenvalue weighted by Gasteiger charge is 2.13. The second-order valence-corrected chi connectivity index (χ2v) is 10.1. The van der Waals surface area contributed by atoms with Gasteiger partial charge in [0.05, 0.1) is 16.4 Å². The minimum absolute atomic E-state index is 0.243. The van der Waals surface area contributed by atoms with Crippen molar-refractivity contribution in [3.8, 4) is 11.3 Å². The lowest BCUT2D eigenvalue weighted by Gasteiger charge is -2.13. The molecular weight excluding hydrogens is 564 g/mol. The third kappa shape index (κ3) is 5.98. The van der Waals surface area contributed by atoms with E-state index in [0.29, 0.717) is 24.7 Å². The molecular formula is C29H26BrClN6O. The zero-order valence-corrected chi connectivity index (χ0v) is 23.1. The lowest BCUT2D eigenvalue weighted by molar-refractivity contribution is 0.240. The Labute approximate surface area is 234 Å². The zero-order chi connectivity index (χ0) is 26.5. The van der Waals surface area contributed by atoms with Crippen LogP contribution in [0.1, 0.15) is 22.3 Å². The van der Waals surface area contributed by atoms with E-state index in [2.05, 4.69) is 56.0 Å². The maximum Gasteiger partial charge on any atom is 0.315 e. The van der Waals surface area contributed by atoms with E-state index < -0.39 is 0 Å². The van der Waals surface area contributed by atoms with E-state index in [4.69, 9.17) is 16.6 Å². The molecule has 0 aliphatic carbocycles. The first-order valence-corrected chi connectivity index (χ1v) is 13.3. The molecule has 5 rings (SSSR count). The Kier molecular flexibility index (Phi) is 7.91. The highest BCUT2D eigenvalue weighted by molar-refractivity contribution is 9.10. The molecule has 0 atom stereocenters. The topological polar surface area (TPSA) is 83.3 Å². The third-order valence-electron chi connectivity index (χ3n) is 6.20. The van der Waals surface area contributed by atoms with Crippen LogP contribution < -0.4 is 16.0 Å². The summed E-state index contributed by atoms with van der Waals surface area (Å²) in [6.07, 6.45) is 1.75. The predicted octanol–water partition coefficient (Wildman–Crippen LogP) is 6.73. The van der Waals surface area contributed by atoms with Gasteiger partial charge in [0, 0.05) is 36.3 Å². The summed E-state index contributed by atoms with van der Waals surface area (Å²) in [4.78, 5) is 17.0.